The van der Waals surface area contributed by atoms with Gasteiger partial charge in [-0.05, 0) is 12.3 Å². The number of nitrogens with two attached hydrogens (primary N) is 1. The Balaban J connectivity index is 1.92. The fraction of sp³-hybridized carbons (Fsp3) is 0.812. The van der Waals surface area contributed by atoms with E-state index in [1.165, 1.54) is 0 Å². The van der Waals surface area contributed by atoms with E-state index in [4.69, 9.17) is 10.3 Å². The van der Waals surface area contributed by atoms with Crippen molar-refractivity contribution >= 4 is 5.91 Å². The third-order valence-corrected chi connectivity index (χ3v) is 4.53. The SMILES string of the molecule is CCc1noc(C(C)N2CCN(C(=O)[C@@H](N)C(C)(C)C)CC2)n1. The monoisotopic (exact) mass is 323 g/mol. The van der Waals surface area contributed by atoms with Gasteiger partial charge in [0.1, 0.15) is 0 Å². The van der Waals surface area contributed by atoms with Crippen LogP contribution in [-0.4, -0.2) is 58.1 Å². The smallest absolute Gasteiger partial charge is 0.243 e. The predicted octanol–water partition coefficient (Wildman–Crippen LogP) is 1.21. The standard InChI is InChI=1S/C16H29N5O2/c1-6-12-18-14(23-19-12)11(2)20-7-9-21(10-8-20)15(22)13(17)16(3,4)5/h11,13H,6-10,17H2,1-5H3/t11?,13-/m1/s1. The van der Waals surface area contributed by atoms with Crippen molar-refractivity contribution in [3.05, 3.63) is 11.7 Å². The maximum absolute atomic E-state index is 12.5. The number of hydrogen-bond acceptors (Lipinski definition) is 6. The second-order valence-corrected chi connectivity index (χ2v) is 7.28. The molecule has 2 heterocycles. The summed E-state index contributed by atoms with van der Waals surface area (Å²) in [5.74, 6) is 1.42. The second-order valence-electron chi connectivity index (χ2n) is 7.28. The van der Waals surface area contributed by atoms with Crippen LogP contribution >= 0.6 is 0 Å². The van der Waals surface area contributed by atoms with E-state index in [9.17, 15) is 4.79 Å². The maximum atomic E-state index is 12.5. The van der Waals surface area contributed by atoms with Gasteiger partial charge in [-0.25, -0.2) is 0 Å². The Morgan fingerprint density at radius 1 is 1.30 bits per heavy atom. The number of rotatable bonds is 4. The molecule has 0 aliphatic carbocycles. The molecule has 0 saturated carbocycles. The molecule has 7 nitrogen and oxygen atoms in total. The van der Waals surface area contributed by atoms with Gasteiger partial charge >= 0.3 is 0 Å². The van der Waals surface area contributed by atoms with Crippen molar-refractivity contribution in [3.63, 3.8) is 0 Å². The summed E-state index contributed by atoms with van der Waals surface area (Å²) in [7, 11) is 0. The van der Waals surface area contributed by atoms with Gasteiger partial charge in [0, 0.05) is 32.6 Å². The molecule has 0 radical (unpaired) electrons. The molecule has 130 valence electrons. The number of amides is 1. The Hall–Kier alpha value is -1.47. The minimum absolute atomic E-state index is 0.0378. The Morgan fingerprint density at radius 2 is 1.91 bits per heavy atom. The van der Waals surface area contributed by atoms with E-state index in [1.807, 2.05) is 32.6 Å². The molecule has 1 amide bonds. The molecule has 1 aromatic heterocycles. The first-order valence-electron chi connectivity index (χ1n) is 8.35. The number of aryl methyl sites for hydroxylation is 1. The van der Waals surface area contributed by atoms with Gasteiger partial charge in [-0.15, -0.1) is 0 Å². The van der Waals surface area contributed by atoms with Crippen LogP contribution in [0.3, 0.4) is 0 Å². The van der Waals surface area contributed by atoms with Crippen molar-refractivity contribution in [1.29, 1.82) is 0 Å². The van der Waals surface area contributed by atoms with Crippen LogP contribution in [0.4, 0.5) is 0 Å². The number of aromatic nitrogens is 2. The minimum Gasteiger partial charge on any atom is -0.339 e. The van der Waals surface area contributed by atoms with E-state index in [0.29, 0.717) is 19.0 Å². The highest BCUT2D eigenvalue weighted by atomic mass is 16.5. The summed E-state index contributed by atoms with van der Waals surface area (Å²) in [5.41, 5.74) is 5.87. The molecular formula is C16H29N5O2. The van der Waals surface area contributed by atoms with Crippen molar-refractivity contribution in [1.82, 2.24) is 19.9 Å². The van der Waals surface area contributed by atoms with Gasteiger partial charge < -0.3 is 15.2 Å². The van der Waals surface area contributed by atoms with E-state index < -0.39 is 6.04 Å². The molecule has 2 atom stereocenters. The highest BCUT2D eigenvalue weighted by molar-refractivity contribution is 5.82. The molecule has 1 aliphatic heterocycles. The molecule has 1 fully saturated rings. The third-order valence-electron chi connectivity index (χ3n) is 4.53. The summed E-state index contributed by atoms with van der Waals surface area (Å²) in [5, 5.41) is 3.95. The minimum atomic E-state index is -0.463. The van der Waals surface area contributed by atoms with Crippen LogP contribution in [0.5, 0.6) is 0 Å². The van der Waals surface area contributed by atoms with Gasteiger partial charge in [-0.2, -0.15) is 4.98 Å². The molecule has 2 rings (SSSR count). The second kappa shape index (κ2) is 6.97. The van der Waals surface area contributed by atoms with Crippen LogP contribution in [0, 0.1) is 5.41 Å². The van der Waals surface area contributed by atoms with Crippen LogP contribution in [0.2, 0.25) is 0 Å². The third kappa shape index (κ3) is 4.09. The number of carbonyl (C=O) groups excluding carboxylic acids is 1. The van der Waals surface area contributed by atoms with Crippen molar-refractivity contribution in [3.8, 4) is 0 Å². The van der Waals surface area contributed by atoms with Gasteiger partial charge in [-0.3, -0.25) is 9.69 Å². The highest BCUT2D eigenvalue weighted by Gasteiger charge is 2.34. The maximum Gasteiger partial charge on any atom is 0.243 e. The highest BCUT2D eigenvalue weighted by Crippen LogP contribution is 2.23. The van der Waals surface area contributed by atoms with E-state index in [2.05, 4.69) is 22.0 Å². The zero-order valence-electron chi connectivity index (χ0n) is 14.9. The summed E-state index contributed by atoms with van der Waals surface area (Å²) >= 11 is 0. The van der Waals surface area contributed by atoms with Crippen LogP contribution in [0.15, 0.2) is 4.52 Å². The zero-order valence-corrected chi connectivity index (χ0v) is 14.9. The molecule has 0 aromatic carbocycles. The molecule has 2 N–H and O–H groups in total. The fourth-order valence-corrected chi connectivity index (χ4v) is 2.63. The predicted molar refractivity (Wildman–Crippen MR) is 87.7 cm³/mol. The number of hydrogen-bond donors (Lipinski definition) is 1. The van der Waals surface area contributed by atoms with Gasteiger partial charge in [-0.1, -0.05) is 32.9 Å². The first kappa shape index (κ1) is 17.9. The molecule has 0 bridgehead atoms. The summed E-state index contributed by atoms with van der Waals surface area (Å²) < 4.78 is 5.32. The molecule has 0 spiro atoms. The summed E-state index contributed by atoms with van der Waals surface area (Å²) in [6, 6.07) is -0.397. The van der Waals surface area contributed by atoms with Gasteiger partial charge in [0.25, 0.3) is 0 Å². The summed E-state index contributed by atoms with van der Waals surface area (Å²) in [6.07, 6.45) is 0.767. The van der Waals surface area contributed by atoms with Crippen LogP contribution < -0.4 is 5.73 Å². The summed E-state index contributed by atoms with van der Waals surface area (Å²) in [6.45, 7) is 13.0. The molecule has 7 heteroatoms. The van der Waals surface area contributed by atoms with Crippen molar-refractivity contribution in [2.24, 2.45) is 11.1 Å². The van der Waals surface area contributed by atoms with E-state index in [-0.39, 0.29) is 17.4 Å². The summed E-state index contributed by atoms with van der Waals surface area (Å²) in [4.78, 5) is 21.0. The number of carbonyl (C=O) groups is 1. The van der Waals surface area contributed by atoms with Gasteiger partial charge in [0.15, 0.2) is 5.82 Å². The van der Waals surface area contributed by atoms with Crippen LogP contribution in [-0.2, 0) is 11.2 Å². The normalized spacial score (nSPS) is 19.7. The van der Waals surface area contributed by atoms with Crippen LogP contribution in [0.25, 0.3) is 0 Å². The van der Waals surface area contributed by atoms with Gasteiger partial charge in [0.05, 0.1) is 12.1 Å². The Labute approximate surface area is 138 Å². The quantitative estimate of drug-likeness (QED) is 0.896. The Bertz CT molecular complexity index is 529. The van der Waals surface area contributed by atoms with Crippen molar-refractivity contribution < 1.29 is 9.32 Å². The average Bonchev–Trinajstić information content (AvgIpc) is 3.01. The fourth-order valence-electron chi connectivity index (χ4n) is 2.63. The van der Waals surface area contributed by atoms with E-state index in [0.717, 1.165) is 25.3 Å². The lowest BCUT2D eigenvalue weighted by atomic mass is 9.86. The molecule has 1 aromatic rings. The molecule has 1 aliphatic rings. The molecular weight excluding hydrogens is 294 g/mol. The first-order valence-corrected chi connectivity index (χ1v) is 8.35. The van der Waals surface area contributed by atoms with Crippen molar-refractivity contribution in [2.45, 2.75) is 53.1 Å². The zero-order chi connectivity index (χ0) is 17.2. The lowest BCUT2D eigenvalue weighted by Crippen LogP contribution is -2.56. The van der Waals surface area contributed by atoms with E-state index >= 15 is 0 Å². The molecule has 1 unspecified atom stereocenters. The first-order chi connectivity index (χ1) is 10.7. The number of piperazine rings is 1. The van der Waals surface area contributed by atoms with Gasteiger partial charge in [0.2, 0.25) is 11.8 Å². The topological polar surface area (TPSA) is 88.5 Å². The Kier molecular flexibility index (Phi) is 5.41. The molecule has 1 saturated heterocycles. The molecule has 23 heavy (non-hydrogen) atoms. The van der Waals surface area contributed by atoms with E-state index in [1.54, 1.807) is 0 Å². The Morgan fingerprint density at radius 3 is 2.39 bits per heavy atom. The number of nitrogens with zero attached hydrogens (tertiary/aromatic N) is 4. The lowest BCUT2D eigenvalue weighted by molar-refractivity contribution is -0.137. The lowest BCUT2D eigenvalue weighted by Gasteiger charge is -2.39. The average molecular weight is 323 g/mol. The van der Waals surface area contributed by atoms with Crippen LogP contribution in [0.1, 0.15) is 52.4 Å². The van der Waals surface area contributed by atoms with Crippen molar-refractivity contribution in [2.75, 3.05) is 26.2 Å². The largest absolute Gasteiger partial charge is 0.339 e.